The molecule has 0 unspecified atom stereocenters. The molecule has 5 nitrogen and oxygen atoms in total. The van der Waals surface area contributed by atoms with Gasteiger partial charge in [-0.25, -0.2) is 0 Å². The molecule has 0 aliphatic carbocycles. The van der Waals surface area contributed by atoms with Gasteiger partial charge in [0, 0.05) is 11.5 Å². The Balaban J connectivity index is 2.37. The normalized spacial score (nSPS) is 10.6. The molecule has 0 radical (unpaired) electrons. The fraction of sp³-hybridized carbons (Fsp3) is 0.158. The summed E-state index contributed by atoms with van der Waals surface area (Å²) < 4.78 is 11.1. The van der Waals surface area contributed by atoms with Gasteiger partial charge in [0.25, 0.3) is 0 Å². The van der Waals surface area contributed by atoms with E-state index in [-0.39, 0.29) is 16.8 Å². The minimum Gasteiger partial charge on any atom is -0.493 e. The molecule has 0 saturated heterocycles. The van der Waals surface area contributed by atoms with Crippen LogP contribution in [0.2, 0.25) is 0 Å². The lowest BCUT2D eigenvalue weighted by atomic mass is 10.1. The maximum atomic E-state index is 12.5. The molecule has 25 heavy (non-hydrogen) atoms. The van der Waals surface area contributed by atoms with Gasteiger partial charge in [-0.3, -0.25) is 9.59 Å². The fourth-order valence-corrected chi connectivity index (χ4v) is 2.59. The number of benzene rings is 1. The second-order valence-corrected chi connectivity index (χ2v) is 6.00. The Morgan fingerprint density at radius 3 is 2.44 bits per heavy atom. The Kier molecular flexibility index (Phi) is 6.36. The van der Waals surface area contributed by atoms with Crippen molar-refractivity contribution < 1.29 is 14.3 Å². The van der Waals surface area contributed by atoms with Crippen LogP contribution in [0.25, 0.3) is 6.08 Å². The summed E-state index contributed by atoms with van der Waals surface area (Å²) in [5.41, 5.74) is 0.841. The van der Waals surface area contributed by atoms with Crippen molar-refractivity contribution in [3.8, 4) is 11.5 Å². The third-order valence-electron chi connectivity index (χ3n) is 3.55. The van der Waals surface area contributed by atoms with Crippen LogP contribution >= 0.6 is 15.9 Å². The second-order valence-electron chi connectivity index (χ2n) is 5.08. The van der Waals surface area contributed by atoms with E-state index in [0.717, 1.165) is 5.56 Å². The van der Waals surface area contributed by atoms with Crippen LogP contribution in [-0.2, 0) is 0 Å². The molecule has 0 fully saturated rings. The number of nitrogens with one attached hydrogen (secondary N) is 1. The molecule has 0 amide bonds. The summed E-state index contributed by atoms with van der Waals surface area (Å²) in [6.45, 7) is 0. The molecule has 0 aromatic heterocycles. The first kappa shape index (κ1) is 18.7. The monoisotopic (exact) mass is 403 g/mol. The van der Waals surface area contributed by atoms with Gasteiger partial charge in [-0.2, -0.15) is 0 Å². The summed E-state index contributed by atoms with van der Waals surface area (Å²) in [6, 6.07) is 10.2. The smallest absolute Gasteiger partial charge is 0.212 e. The summed E-state index contributed by atoms with van der Waals surface area (Å²) >= 11 is 3.32. The van der Waals surface area contributed by atoms with Gasteiger partial charge < -0.3 is 14.8 Å². The Bertz CT molecular complexity index is 878. The van der Waals surface area contributed by atoms with Gasteiger partial charge in [0.1, 0.15) is 0 Å². The Morgan fingerprint density at radius 1 is 1.08 bits per heavy atom. The van der Waals surface area contributed by atoms with E-state index in [1.54, 1.807) is 57.7 Å². The van der Waals surface area contributed by atoms with Crippen LogP contribution in [-0.4, -0.2) is 27.1 Å². The second kappa shape index (κ2) is 8.48. The average molecular weight is 404 g/mol. The first-order chi connectivity index (χ1) is 12.0. The number of ether oxygens (including phenoxy) is 2. The van der Waals surface area contributed by atoms with Gasteiger partial charge >= 0.3 is 0 Å². The van der Waals surface area contributed by atoms with E-state index >= 15 is 0 Å². The lowest BCUT2D eigenvalue weighted by Crippen LogP contribution is -2.14. The molecule has 2 aromatic carbocycles. The molecule has 0 bridgehead atoms. The highest BCUT2D eigenvalue weighted by Gasteiger charge is 2.10. The van der Waals surface area contributed by atoms with E-state index in [1.807, 2.05) is 0 Å². The summed E-state index contributed by atoms with van der Waals surface area (Å²) in [4.78, 5) is 24.9. The minimum atomic E-state index is -0.381. The predicted molar refractivity (Wildman–Crippen MR) is 103 cm³/mol. The lowest BCUT2D eigenvalue weighted by Gasteiger charge is -2.07. The van der Waals surface area contributed by atoms with Crippen LogP contribution < -0.4 is 20.2 Å². The molecule has 0 spiro atoms. The SMILES string of the molecule is CNc1ccc(Br)cc(C(=O)/C=C\c2ccc(OC)c(OC)c2)c1=O. The van der Waals surface area contributed by atoms with Crippen molar-refractivity contribution in [2.24, 2.45) is 0 Å². The van der Waals surface area contributed by atoms with Crippen molar-refractivity contribution in [1.29, 1.82) is 0 Å². The van der Waals surface area contributed by atoms with Crippen molar-refractivity contribution >= 4 is 33.5 Å². The number of hydrogen-bond acceptors (Lipinski definition) is 5. The quantitative estimate of drug-likeness (QED) is 0.587. The Morgan fingerprint density at radius 2 is 1.80 bits per heavy atom. The van der Waals surface area contributed by atoms with E-state index in [0.29, 0.717) is 21.7 Å². The van der Waals surface area contributed by atoms with Gasteiger partial charge in [-0.05, 0) is 42.0 Å². The number of carbonyl (C=O) groups excluding carboxylic acids is 1. The number of methoxy groups -OCH3 is 2. The number of ketones is 1. The van der Waals surface area contributed by atoms with Crippen LogP contribution in [0.1, 0.15) is 15.9 Å². The lowest BCUT2D eigenvalue weighted by molar-refractivity contribution is 0.104. The zero-order valence-electron chi connectivity index (χ0n) is 14.1. The standard InChI is InChI=1S/C19H18BrNO4/c1-21-15-7-6-13(20)11-14(19(15)23)16(22)8-4-12-5-9-17(24-2)18(10-12)25-3/h4-11H,1-3H3,(H,21,23)/b8-4-. The van der Waals surface area contributed by atoms with Crippen LogP contribution in [0.5, 0.6) is 11.5 Å². The van der Waals surface area contributed by atoms with Crippen LogP contribution in [0, 0.1) is 0 Å². The summed E-state index contributed by atoms with van der Waals surface area (Å²) in [6.07, 6.45) is 2.99. The molecule has 6 heteroatoms. The molecule has 130 valence electrons. The number of anilines is 1. The number of carbonyl (C=O) groups is 1. The van der Waals surface area contributed by atoms with E-state index in [4.69, 9.17) is 9.47 Å². The van der Waals surface area contributed by atoms with E-state index < -0.39 is 0 Å². The van der Waals surface area contributed by atoms with Crippen molar-refractivity contribution in [1.82, 2.24) is 0 Å². The largest absolute Gasteiger partial charge is 0.493 e. The molecule has 1 N–H and O–H groups in total. The van der Waals surface area contributed by atoms with Gasteiger partial charge in [0.05, 0.1) is 25.5 Å². The molecule has 2 rings (SSSR count). The van der Waals surface area contributed by atoms with E-state index in [9.17, 15) is 9.59 Å². The molecule has 0 saturated carbocycles. The molecule has 0 atom stereocenters. The third kappa shape index (κ3) is 4.48. The average Bonchev–Trinajstić information content (AvgIpc) is 2.77. The van der Waals surface area contributed by atoms with Crippen molar-refractivity contribution in [3.05, 3.63) is 68.3 Å². The summed E-state index contributed by atoms with van der Waals surface area (Å²) in [7, 11) is 4.73. The fourth-order valence-electron chi connectivity index (χ4n) is 2.23. The molecule has 0 aliphatic rings. The predicted octanol–water partition coefficient (Wildman–Crippen LogP) is 3.76. The van der Waals surface area contributed by atoms with Crippen LogP contribution in [0.4, 0.5) is 5.69 Å². The van der Waals surface area contributed by atoms with Gasteiger partial charge in [0.15, 0.2) is 17.3 Å². The number of allylic oxidation sites excluding steroid dienone is 1. The maximum Gasteiger partial charge on any atom is 0.212 e. The summed E-state index contributed by atoms with van der Waals surface area (Å²) in [5.74, 6) is 0.784. The van der Waals surface area contributed by atoms with Gasteiger partial charge in [-0.1, -0.05) is 28.1 Å². The molecule has 2 aromatic rings. The first-order valence-electron chi connectivity index (χ1n) is 7.46. The highest BCUT2D eigenvalue weighted by Crippen LogP contribution is 2.28. The Labute approximate surface area is 154 Å². The number of rotatable bonds is 6. The molecular formula is C19H18BrNO4. The van der Waals surface area contributed by atoms with Crippen molar-refractivity contribution in [3.63, 3.8) is 0 Å². The topological polar surface area (TPSA) is 64.6 Å². The Hall–Kier alpha value is -2.60. The summed E-state index contributed by atoms with van der Waals surface area (Å²) in [5, 5.41) is 2.80. The van der Waals surface area contributed by atoms with Gasteiger partial charge in [-0.15, -0.1) is 0 Å². The van der Waals surface area contributed by atoms with Gasteiger partial charge in [0.2, 0.25) is 5.43 Å². The first-order valence-corrected chi connectivity index (χ1v) is 8.25. The molecule has 0 heterocycles. The van der Waals surface area contributed by atoms with Crippen molar-refractivity contribution in [2.45, 2.75) is 0 Å². The zero-order valence-corrected chi connectivity index (χ0v) is 15.7. The molecular weight excluding hydrogens is 386 g/mol. The van der Waals surface area contributed by atoms with Crippen LogP contribution in [0.15, 0.2) is 51.7 Å². The van der Waals surface area contributed by atoms with Crippen molar-refractivity contribution in [2.75, 3.05) is 26.6 Å². The zero-order chi connectivity index (χ0) is 18.4. The maximum absolute atomic E-state index is 12.5. The van der Waals surface area contributed by atoms with E-state index in [2.05, 4.69) is 21.2 Å². The number of halogens is 1. The van der Waals surface area contributed by atoms with Crippen LogP contribution in [0.3, 0.4) is 0 Å². The highest BCUT2D eigenvalue weighted by atomic mass is 79.9. The molecule has 0 aliphatic heterocycles. The third-order valence-corrected chi connectivity index (χ3v) is 4.04. The minimum absolute atomic E-state index is 0.0814. The number of hydrogen-bond donors (Lipinski definition) is 1. The highest BCUT2D eigenvalue weighted by molar-refractivity contribution is 9.10. The van der Waals surface area contributed by atoms with E-state index in [1.165, 1.54) is 12.1 Å².